The topological polar surface area (TPSA) is 57.6 Å². The Morgan fingerprint density at radius 1 is 1.15 bits per heavy atom. The molecule has 1 amide bonds. The maximum atomic E-state index is 12.7. The van der Waals surface area contributed by atoms with E-state index in [0.717, 1.165) is 25.7 Å². The van der Waals surface area contributed by atoms with Gasteiger partial charge in [0.1, 0.15) is 6.04 Å². The normalized spacial score (nSPS) is 25.6. The molecule has 2 aliphatic rings. The van der Waals surface area contributed by atoms with Crippen molar-refractivity contribution in [3.05, 3.63) is 0 Å². The second-order valence-corrected chi connectivity index (χ2v) is 6.37. The largest absolute Gasteiger partial charge is 0.480 e. The lowest BCUT2D eigenvalue weighted by Gasteiger charge is -2.35. The molecule has 1 heterocycles. The molecule has 4 heteroatoms. The van der Waals surface area contributed by atoms with Crippen LogP contribution in [0.5, 0.6) is 0 Å². The smallest absolute Gasteiger partial charge is 0.326 e. The van der Waals surface area contributed by atoms with Gasteiger partial charge in [-0.25, -0.2) is 4.79 Å². The number of nitrogens with zero attached hydrogens (tertiary/aromatic N) is 1. The first-order chi connectivity index (χ1) is 9.63. The van der Waals surface area contributed by atoms with Crippen LogP contribution >= 0.6 is 0 Å². The monoisotopic (exact) mass is 281 g/mol. The Bertz CT molecular complexity index is 350. The number of hydrogen-bond donors (Lipinski definition) is 1. The Morgan fingerprint density at radius 3 is 2.40 bits per heavy atom. The van der Waals surface area contributed by atoms with Crippen molar-refractivity contribution in [3.63, 3.8) is 0 Å². The molecule has 2 fully saturated rings. The number of aliphatic carboxylic acids is 1. The average Bonchev–Trinajstić information content (AvgIpc) is 2.97. The minimum atomic E-state index is -0.839. The lowest BCUT2D eigenvalue weighted by Crippen LogP contribution is -2.50. The molecule has 1 aliphatic heterocycles. The number of rotatable bonds is 5. The molecule has 1 aliphatic carbocycles. The van der Waals surface area contributed by atoms with E-state index in [1.165, 1.54) is 25.7 Å². The van der Waals surface area contributed by atoms with Crippen LogP contribution in [0, 0.1) is 11.8 Å². The molecule has 1 saturated heterocycles. The maximum absolute atomic E-state index is 12.7. The summed E-state index contributed by atoms with van der Waals surface area (Å²) < 4.78 is 0. The van der Waals surface area contributed by atoms with Crippen LogP contribution in [0.3, 0.4) is 0 Å². The minimum absolute atomic E-state index is 0.0260. The predicted octanol–water partition coefficient (Wildman–Crippen LogP) is 3.06. The van der Waals surface area contributed by atoms with Gasteiger partial charge >= 0.3 is 5.97 Å². The summed E-state index contributed by atoms with van der Waals surface area (Å²) in [6.07, 6.45) is 9.32. The number of carboxylic acids is 1. The highest BCUT2D eigenvalue weighted by atomic mass is 16.4. The molecule has 2 rings (SSSR count). The molecule has 0 bridgehead atoms. The molecule has 0 radical (unpaired) electrons. The van der Waals surface area contributed by atoms with Gasteiger partial charge in [-0.15, -0.1) is 0 Å². The summed E-state index contributed by atoms with van der Waals surface area (Å²) in [5, 5.41) is 9.30. The molecule has 1 N–H and O–H groups in total. The molecule has 4 nitrogen and oxygen atoms in total. The summed E-state index contributed by atoms with van der Waals surface area (Å²) in [5.41, 5.74) is 0. The van der Waals surface area contributed by atoms with Crippen molar-refractivity contribution in [1.29, 1.82) is 0 Å². The molecule has 1 saturated carbocycles. The Balaban J connectivity index is 1.99. The van der Waals surface area contributed by atoms with Crippen LogP contribution in [0.4, 0.5) is 0 Å². The van der Waals surface area contributed by atoms with Crippen LogP contribution in [-0.4, -0.2) is 34.5 Å². The van der Waals surface area contributed by atoms with Crippen molar-refractivity contribution in [2.75, 3.05) is 6.54 Å². The Labute approximate surface area is 121 Å². The number of carbonyl (C=O) groups is 2. The quantitative estimate of drug-likeness (QED) is 0.842. The highest BCUT2D eigenvalue weighted by Gasteiger charge is 2.35. The van der Waals surface area contributed by atoms with Gasteiger partial charge in [-0.2, -0.15) is 0 Å². The van der Waals surface area contributed by atoms with Gasteiger partial charge in [-0.05, 0) is 38.0 Å². The van der Waals surface area contributed by atoms with E-state index in [1.807, 2.05) is 0 Å². The lowest BCUT2D eigenvalue weighted by atomic mass is 9.89. The number of carboxylic acid groups (broad SMARTS) is 1. The fourth-order valence-corrected chi connectivity index (χ4v) is 3.78. The van der Waals surface area contributed by atoms with E-state index in [0.29, 0.717) is 18.9 Å². The molecule has 114 valence electrons. The van der Waals surface area contributed by atoms with Gasteiger partial charge in [0.05, 0.1) is 0 Å². The zero-order chi connectivity index (χ0) is 14.5. The van der Waals surface area contributed by atoms with E-state index in [-0.39, 0.29) is 11.8 Å². The fraction of sp³-hybridized carbons (Fsp3) is 0.875. The first-order valence-corrected chi connectivity index (χ1v) is 8.16. The van der Waals surface area contributed by atoms with Crippen LogP contribution in [0.2, 0.25) is 0 Å². The Hall–Kier alpha value is -1.06. The summed E-state index contributed by atoms with van der Waals surface area (Å²) >= 11 is 0. The van der Waals surface area contributed by atoms with Gasteiger partial charge in [-0.3, -0.25) is 4.79 Å². The van der Waals surface area contributed by atoms with Gasteiger partial charge in [0.15, 0.2) is 0 Å². The van der Waals surface area contributed by atoms with E-state index in [4.69, 9.17) is 0 Å². The van der Waals surface area contributed by atoms with E-state index in [9.17, 15) is 14.7 Å². The fourth-order valence-electron chi connectivity index (χ4n) is 3.78. The molecular weight excluding hydrogens is 254 g/mol. The predicted molar refractivity (Wildman–Crippen MR) is 77.3 cm³/mol. The third-order valence-corrected chi connectivity index (χ3v) is 5.01. The van der Waals surface area contributed by atoms with Crippen molar-refractivity contribution in [2.45, 2.75) is 70.8 Å². The van der Waals surface area contributed by atoms with Gasteiger partial charge in [0.2, 0.25) is 5.91 Å². The molecular formula is C16H27NO3. The van der Waals surface area contributed by atoms with Crippen molar-refractivity contribution in [3.8, 4) is 0 Å². The minimum Gasteiger partial charge on any atom is -0.480 e. The highest BCUT2D eigenvalue weighted by molar-refractivity contribution is 5.85. The van der Waals surface area contributed by atoms with E-state index >= 15 is 0 Å². The highest BCUT2D eigenvalue weighted by Crippen LogP contribution is 2.33. The molecule has 2 atom stereocenters. The zero-order valence-electron chi connectivity index (χ0n) is 12.5. The van der Waals surface area contributed by atoms with Crippen LogP contribution in [0.1, 0.15) is 64.7 Å². The summed E-state index contributed by atoms with van der Waals surface area (Å²) in [6.45, 7) is 2.67. The molecule has 0 aromatic rings. The third kappa shape index (κ3) is 3.53. The standard InChI is InChI=1S/C16H27NO3/c1-2-13(11-12-7-3-4-8-12)15(18)17-10-6-5-9-14(17)16(19)20/h12-14H,2-11H2,1H3,(H,19,20)/t13?,14-/m1/s1. The average molecular weight is 281 g/mol. The SMILES string of the molecule is CCC(CC1CCCC1)C(=O)N1CCCC[C@@H]1C(=O)O. The van der Waals surface area contributed by atoms with Crippen LogP contribution < -0.4 is 0 Å². The molecule has 0 spiro atoms. The Morgan fingerprint density at radius 2 is 1.80 bits per heavy atom. The molecule has 0 aromatic carbocycles. The van der Waals surface area contributed by atoms with Crippen molar-refractivity contribution in [2.24, 2.45) is 11.8 Å². The number of amides is 1. The Kier molecular flexibility index (Phi) is 5.44. The zero-order valence-corrected chi connectivity index (χ0v) is 12.5. The van der Waals surface area contributed by atoms with Crippen LogP contribution in [-0.2, 0) is 9.59 Å². The van der Waals surface area contributed by atoms with Crippen molar-refractivity contribution in [1.82, 2.24) is 4.90 Å². The van der Waals surface area contributed by atoms with E-state index < -0.39 is 12.0 Å². The summed E-state index contributed by atoms with van der Waals surface area (Å²) in [4.78, 5) is 25.7. The second-order valence-electron chi connectivity index (χ2n) is 6.37. The van der Waals surface area contributed by atoms with E-state index in [1.54, 1.807) is 4.90 Å². The van der Waals surface area contributed by atoms with Gasteiger partial charge in [-0.1, -0.05) is 32.6 Å². The first kappa shape index (κ1) is 15.3. The number of carbonyl (C=O) groups excluding carboxylic acids is 1. The summed E-state index contributed by atoms with van der Waals surface area (Å²) in [6, 6.07) is -0.589. The number of likely N-dealkylation sites (tertiary alicyclic amines) is 1. The van der Waals surface area contributed by atoms with Gasteiger partial charge in [0.25, 0.3) is 0 Å². The lowest BCUT2D eigenvalue weighted by molar-refractivity contribution is -0.154. The van der Waals surface area contributed by atoms with Gasteiger partial charge in [0, 0.05) is 12.5 Å². The van der Waals surface area contributed by atoms with Crippen LogP contribution in [0.25, 0.3) is 0 Å². The second kappa shape index (κ2) is 7.09. The maximum Gasteiger partial charge on any atom is 0.326 e. The first-order valence-electron chi connectivity index (χ1n) is 8.16. The van der Waals surface area contributed by atoms with E-state index in [2.05, 4.69) is 6.92 Å². The van der Waals surface area contributed by atoms with Crippen molar-refractivity contribution < 1.29 is 14.7 Å². The van der Waals surface area contributed by atoms with Gasteiger partial charge < -0.3 is 10.0 Å². The number of piperidine rings is 1. The van der Waals surface area contributed by atoms with Crippen molar-refractivity contribution >= 4 is 11.9 Å². The number of hydrogen-bond acceptors (Lipinski definition) is 2. The molecule has 20 heavy (non-hydrogen) atoms. The molecule has 0 aromatic heterocycles. The summed E-state index contributed by atoms with van der Waals surface area (Å²) in [7, 11) is 0. The van der Waals surface area contributed by atoms with Crippen LogP contribution in [0.15, 0.2) is 0 Å². The third-order valence-electron chi connectivity index (χ3n) is 5.01. The molecule has 1 unspecified atom stereocenters. The summed E-state index contributed by atoms with van der Waals surface area (Å²) in [5.74, 6) is -0.0460.